The van der Waals surface area contributed by atoms with E-state index < -0.39 is 11.7 Å². The normalized spacial score (nSPS) is 21.1. The molecule has 0 spiro atoms. The Bertz CT molecular complexity index is 496. The molecule has 1 aromatic rings. The number of hydrogen-bond donors (Lipinski definition) is 2. The highest BCUT2D eigenvalue weighted by molar-refractivity contribution is 5.35. The van der Waals surface area contributed by atoms with Crippen molar-refractivity contribution in [2.75, 3.05) is 19.7 Å². The number of aryl methyl sites for hydroxylation is 2. The quantitative estimate of drug-likeness (QED) is 0.846. The summed E-state index contributed by atoms with van der Waals surface area (Å²) < 4.78 is 5.75. The highest BCUT2D eigenvalue weighted by Gasteiger charge is 2.36. The fourth-order valence-corrected chi connectivity index (χ4v) is 3.32. The van der Waals surface area contributed by atoms with Crippen LogP contribution in [0.5, 0.6) is 5.75 Å². The lowest BCUT2D eigenvalue weighted by Crippen LogP contribution is -2.48. The maximum Gasteiger partial charge on any atom is 0.122 e. The van der Waals surface area contributed by atoms with Crippen molar-refractivity contribution < 1.29 is 14.9 Å². The zero-order valence-electron chi connectivity index (χ0n) is 14.2. The van der Waals surface area contributed by atoms with Crippen LogP contribution in [0.3, 0.4) is 0 Å². The minimum atomic E-state index is -0.732. The number of likely N-dealkylation sites (tertiary alicyclic amines) is 1. The highest BCUT2D eigenvalue weighted by Crippen LogP contribution is 2.27. The molecular formula is C18H29NO3. The molecule has 2 unspecified atom stereocenters. The van der Waals surface area contributed by atoms with Crippen molar-refractivity contribution in [2.24, 2.45) is 0 Å². The molecule has 0 radical (unpaired) electrons. The van der Waals surface area contributed by atoms with Crippen molar-refractivity contribution in [3.8, 4) is 5.75 Å². The third kappa shape index (κ3) is 4.45. The summed E-state index contributed by atoms with van der Waals surface area (Å²) in [6, 6.07) is 6.15. The van der Waals surface area contributed by atoms with E-state index >= 15 is 0 Å². The predicted octanol–water partition coefficient (Wildman–Crippen LogP) is 2.28. The van der Waals surface area contributed by atoms with Crippen LogP contribution in [0.2, 0.25) is 0 Å². The monoisotopic (exact) mass is 307 g/mol. The van der Waals surface area contributed by atoms with Gasteiger partial charge in [-0.3, -0.25) is 4.90 Å². The second-order valence-electron chi connectivity index (χ2n) is 7.04. The number of β-amino-alcohol motifs (C(OH)–C–C–N with tert-alkyl or cyclic N) is 1. The Morgan fingerprint density at radius 2 is 2.09 bits per heavy atom. The summed E-state index contributed by atoms with van der Waals surface area (Å²) in [5.74, 6) is 0.824. The molecule has 1 aliphatic heterocycles. The van der Waals surface area contributed by atoms with Crippen molar-refractivity contribution >= 4 is 0 Å². The van der Waals surface area contributed by atoms with Crippen LogP contribution in [0.25, 0.3) is 0 Å². The van der Waals surface area contributed by atoms with E-state index in [9.17, 15) is 10.2 Å². The van der Waals surface area contributed by atoms with Crippen molar-refractivity contribution in [2.45, 2.75) is 58.3 Å². The van der Waals surface area contributed by atoms with Crippen LogP contribution in [-0.4, -0.2) is 52.6 Å². The summed E-state index contributed by atoms with van der Waals surface area (Å²) in [6.07, 6.45) is 1.50. The van der Waals surface area contributed by atoms with Crippen LogP contribution in [-0.2, 0) is 0 Å². The molecule has 0 amide bonds. The second-order valence-corrected chi connectivity index (χ2v) is 7.04. The third-order valence-corrected chi connectivity index (χ3v) is 4.39. The maximum atomic E-state index is 10.3. The van der Waals surface area contributed by atoms with Crippen LogP contribution in [0.1, 0.15) is 37.8 Å². The van der Waals surface area contributed by atoms with Crippen LogP contribution < -0.4 is 4.74 Å². The molecule has 1 fully saturated rings. The van der Waals surface area contributed by atoms with Gasteiger partial charge in [0.05, 0.1) is 5.60 Å². The molecule has 2 rings (SSSR count). The van der Waals surface area contributed by atoms with E-state index in [1.807, 2.05) is 32.9 Å². The highest BCUT2D eigenvalue weighted by atomic mass is 16.5. The molecule has 0 aliphatic carbocycles. The maximum absolute atomic E-state index is 10.3. The fourth-order valence-electron chi connectivity index (χ4n) is 3.32. The fraction of sp³-hybridized carbons (Fsp3) is 0.667. The van der Waals surface area contributed by atoms with Gasteiger partial charge in [0.25, 0.3) is 0 Å². The predicted molar refractivity (Wildman–Crippen MR) is 88.3 cm³/mol. The zero-order valence-corrected chi connectivity index (χ0v) is 14.2. The summed E-state index contributed by atoms with van der Waals surface area (Å²) in [6.45, 7) is 9.49. The van der Waals surface area contributed by atoms with Crippen LogP contribution in [0.15, 0.2) is 18.2 Å². The van der Waals surface area contributed by atoms with Crippen molar-refractivity contribution in [1.82, 2.24) is 4.90 Å². The Kier molecular flexibility index (Phi) is 5.48. The first-order valence-electron chi connectivity index (χ1n) is 8.12. The number of aliphatic hydroxyl groups is 2. The third-order valence-electron chi connectivity index (χ3n) is 4.39. The molecule has 0 bridgehead atoms. The minimum absolute atomic E-state index is 0.114. The van der Waals surface area contributed by atoms with Crippen LogP contribution in [0, 0.1) is 13.8 Å². The summed E-state index contributed by atoms with van der Waals surface area (Å²) >= 11 is 0. The topological polar surface area (TPSA) is 52.9 Å². The number of benzene rings is 1. The molecule has 1 saturated heterocycles. The van der Waals surface area contributed by atoms with E-state index in [2.05, 4.69) is 17.9 Å². The van der Waals surface area contributed by atoms with Gasteiger partial charge in [-0.25, -0.2) is 0 Å². The average Bonchev–Trinajstić information content (AvgIpc) is 2.85. The lowest BCUT2D eigenvalue weighted by atomic mass is 9.96. The first-order valence-corrected chi connectivity index (χ1v) is 8.12. The molecule has 22 heavy (non-hydrogen) atoms. The Morgan fingerprint density at radius 1 is 1.36 bits per heavy atom. The SMILES string of the molecule is Cc1ccc(OCC(O)CN2CCCC2C(C)(C)O)c(C)c1. The number of nitrogens with zero attached hydrogens (tertiary/aromatic N) is 1. The second kappa shape index (κ2) is 6.99. The van der Waals surface area contributed by atoms with Gasteiger partial charge in [-0.05, 0) is 58.7 Å². The minimum Gasteiger partial charge on any atom is -0.491 e. The molecule has 0 aromatic heterocycles. The average molecular weight is 307 g/mol. The lowest BCUT2D eigenvalue weighted by molar-refractivity contribution is -0.0210. The molecule has 4 nitrogen and oxygen atoms in total. The Labute approximate surface area is 133 Å². The summed E-state index contributed by atoms with van der Waals surface area (Å²) in [5.41, 5.74) is 1.56. The number of rotatable bonds is 6. The zero-order chi connectivity index (χ0) is 16.3. The van der Waals surface area contributed by atoms with Crippen LogP contribution >= 0.6 is 0 Å². The van der Waals surface area contributed by atoms with E-state index in [-0.39, 0.29) is 12.6 Å². The smallest absolute Gasteiger partial charge is 0.122 e. The van der Waals surface area contributed by atoms with Gasteiger partial charge in [0.1, 0.15) is 18.5 Å². The van der Waals surface area contributed by atoms with Gasteiger partial charge in [-0.1, -0.05) is 17.7 Å². The molecule has 2 N–H and O–H groups in total. The van der Waals surface area contributed by atoms with Gasteiger partial charge in [-0.2, -0.15) is 0 Å². The van der Waals surface area contributed by atoms with E-state index in [1.165, 1.54) is 5.56 Å². The molecule has 1 heterocycles. The number of aliphatic hydroxyl groups excluding tert-OH is 1. The van der Waals surface area contributed by atoms with Gasteiger partial charge >= 0.3 is 0 Å². The summed E-state index contributed by atoms with van der Waals surface area (Å²) in [4.78, 5) is 2.18. The van der Waals surface area contributed by atoms with Crippen molar-refractivity contribution in [3.05, 3.63) is 29.3 Å². The van der Waals surface area contributed by atoms with Gasteiger partial charge in [0, 0.05) is 12.6 Å². The Balaban J connectivity index is 1.86. The summed E-state index contributed by atoms with van der Waals surface area (Å²) in [7, 11) is 0. The molecule has 124 valence electrons. The molecular weight excluding hydrogens is 278 g/mol. The van der Waals surface area contributed by atoms with E-state index in [0.717, 1.165) is 30.7 Å². The van der Waals surface area contributed by atoms with E-state index in [1.54, 1.807) is 0 Å². The number of hydrogen-bond acceptors (Lipinski definition) is 4. The van der Waals surface area contributed by atoms with Gasteiger partial charge in [-0.15, -0.1) is 0 Å². The van der Waals surface area contributed by atoms with Gasteiger partial charge in [0.2, 0.25) is 0 Å². The molecule has 2 atom stereocenters. The number of ether oxygens (including phenoxy) is 1. The molecule has 4 heteroatoms. The van der Waals surface area contributed by atoms with Crippen LogP contribution in [0.4, 0.5) is 0 Å². The Morgan fingerprint density at radius 3 is 2.73 bits per heavy atom. The van der Waals surface area contributed by atoms with E-state index in [0.29, 0.717) is 6.54 Å². The lowest BCUT2D eigenvalue weighted by Gasteiger charge is -2.34. The molecule has 0 saturated carbocycles. The summed E-state index contributed by atoms with van der Waals surface area (Å²) in [5, 5.41) is 20.5. The molecule has 1 aromatic carbocycles. The standard InChI is InChI=1S/C18H29NO3/c1-13-7-8-16(14(2)10-13)22-12-15(20)11-19-9-5-6-17(19)18(3,4)21/h7-8,10,15,17,20-21H,5-6,9,11-12H2,1-4H3. The largest absolute Gasteiger partial charge is 0.491 e. The van der Waals surface area contributed by atoms with Crippen molar-refractivity contribution in [3.63, 3.8) is 0 Å². The first kappa shape index (κ1) is 17.3. The van der Waals surface area contributed by atoms with Gasteiger partial charge < -0.3 is 14.9 Å². The Hall–Kier alpha value is -1.10. The molecule has 1 aliphatic rings. The van der Waals surface area contributed by atoms with Gasteiger partial charge in [0.15, 0.2) is 0 Å². The first-order chi connectivity index (χ1) is 10.3. The van der Waals surface area contributed by atoms with E-state index in [4.69, 9.17) is 4.74 Å². The van der Waals surface area contributed by atoms with Crippen molar-refractivity contribution in [1.29, 1.82) is 0 Å².